The maximum absolute atomic E-state index is 12.4. The zero-order valence-electron chi connectivity index (χ0n) is 13.9. The summed E-state index contributed by atoms with van der Waals surface area (Å²) in [6.07, 6.45) is 0.456. The highest BCUT2D eigenvalue weighted by Gasteiger charge is 2.26. The second-order valence-electron chi connectivity index (χ2n) is 5.55. The molecule has 2 aromatic carbocycles. The summed E-state index contributed by atoms with van der Waals surface area (Å²) in [4.78, 5) is 10.2. The molecule has 2 aromatic rings. The fourth-order valence-corrected chi connectivity index (χ4v) is 3.49. The molecule has 136 valence electrons. The molecule has 0 unspecified atom stereocenters. The molecule has 0 spiro atoms. The first-order valence-electron chi connectivity index (χ1n) is 7.30. The van der Waals surface area contributed by atoms with Crippen molar-refractivity contribution in [3.63, 3.8) is 0 Å². The minimum atomic E-state index is -3.97. The van der Waals surface area contributed by atoms with Gasteiger partial charge in [-0.3, -0.25) is 10.1 Å². The predicted molar refractivity (Wildman–Crippen MR) is 99.6 cm³/mol. The molecular weight excluding hydrogens is 366 g/mol. The van der Waals surface area contributed by atoms with Gasteiger partial charge in [-0.2, -0.15) is 0 Å². The number of hydrogen-bond acceptors (Lipinski definition) is 5. The van der Waals surface area contributed by atoms with Crippen LogP contribution in [0.15, 0.2) is 41.3 Å². The summed E-state index contributed by atoms with van der Waals surface area (Å²) in [7, 11) is -3.97. The number of nitrogens with zero attached hydrogens (tertiary/aromatic N) is 1. The van der Waals surface area contributed by atoms with Gasteiger partial charge < -0.3 is 5.73 Å². The molecule has 25 heavy (non-hydrogen) atoms. The Hall–Kier alpha value is -2.16. The van der Waals surface area contributed by atoms with Crippen molar-refractivity contribution in [3.05, 3.63) is 63.2 Å². The first kappa shape index (κ1) is 20.9. The van der Waals surface area contributed by atoms with E-state index in [1.54, 1.807) is 26.0 Å². The molecule has 0 saturated heterocycles. The van der Waals surface area contributed by atoms with Crippen molar-refractivity contribution in [1.29, 1.82) is 0 Å². The number of aryl methyl sites for hydroxylation is 2. The zero-order valence-corrected chi connectivity index (χ0v) is 15.5. The van der Waals surface area contributed by atoms with E-state index in [-0.39, 0.29) is 23.8 Å². The average Bonchev–Trinajstić information content (AvgIpc) is 2.51. The van der Waals surface area contributed by atoms with E-state index >= 15 is 0 Å². The van der Waals surface area contributed by atoms with Crippen molar-refractivity contribution in [3.8, 4) is 0 Å². The molecule has 9 heteroatoms. The molecule has 0 aliphatic heterocycles. The number of rotatable bonds is 6. The van der Waals surface area contributed by atoms with E-state index in [4.69, 9.17) is 5.73 Å². The highest BCUT2D eigenvalue weighted by molar-refractivity contribution is 7.89. The van der Waals surface area contributed by atoms with Gasteiger partial charge >= 0.3 is 0 Å². The van der Waals surface area contributed by atoms with Crippen LogP contribution in [0.5, 0.6) is 0 Å². The van der Waals surface area contributed by atoms with Gasteiger partial charge in [-0.25, -0.2) is 13.1 Å². The van der Waals surface area contributed by atoms with E-state index in [1.807, 2.05) is 12.1 Å². The van der Waals surface area contributed by atoms with Crippen LogP contribution >= 0.6 is 12.4 Å². The monoisotopic (exact) mass is 385 g/mol. The summed E-state index contributed by atoms with van der Waals surface area (Å²) in [5.74, 6) is 0. The van der Waals surface area contributed by atoms with Gasteiger partial charge in [0.25, 0.3) is 5.69 Å². The Bertz CT molecular complexity index is 868. The largest absolute Gasteiger partial charge is 0.399 e. The lowest BCUT2D eigenvalue weighted by Gasteiger charge is -2.10. The van der Waals surface area contributed by atoms with Crippen LogP contribution in [0.25, 0.3) is 0 Å². The van der Waals surface area contributed by atoms with Gasteiger partial charge in [-0.15, -0.1) is 12.4 Å². The van der Waals surface area contributed by atoms with E-state index in [9.17, 15) is 18.5 Å². The quantitative estimate of drug-likeness (QED) is 0.450. The van der Waals surface area contributed by atoms with Gasteiger partial charge in [0.15, 0.2) is 4.90 Å². The van der Waals surface area contributed by atoms with E-state index < -0.39 is 20.6 Å². The SMILES string of the molecule is Cc1cc([N+](=O)[O-])c(S(=O)(=O)NCCc2ccc(N)cc2)cc1C.Cl. The summed E-state index contributed by atoms with van der Waals surface area (Å²) >= 11 is 0. The van der Waals surface area contributed by atoms with Crippen molar-refractivity contribution >= 4 is 33.8 Å². The maximum atomic E-state index is 12.4. The Kier molecular flexibility index (Phi) is 6.92. The molecule has 0 heterocycles. The summed E-state index contributed by atoms with van der Waals surface area (Å²) in [5, 5.41) is 11.2. The minimum absolute atomic E-state index is 0. The summed E-state index contributed by atoms with van der Waals surface area (Å²) < 4.78 is 27.3. The highest BCUT2D eigenvalue weighted by atomic mass is 35.5. The number of hydrogen-bond donors (Lipinski definition) is 2. The highest BCUT2D eigenvalue weighted by Crippen LogP contribution is 2.27. The smallest absolute Gasteiger partial charge is 0.289 e. The number of nitro groups is 1. The normalized spacial score (nSPS) is 11.0. The van der Waals surface area contributed by atoms with Gasteiger partial charge in [-0.1, -0.05) is 12.1 Å². The van der Waals surface area contributed by atoms with E-state index in [0.29, 0.717) is 23.2 Å². The van der Waals surface area contributed by atoms with Crippen LogP contribution in [0.1, 0.15) is 16.7 Å². The second kappa shape index (κ2) is 8.28. The van der Waals surface area contributed by atoms with Crippen LogP contribution in [0.4, 0.5) is 11.4 Å². The van der Waals surface area contributed by atoms with Crippen LogP contribution < -0.4 is 10.5 Å². The van der Waals surface area contributed by atoms with Gasteiger partial charge in [0.1, 0.15) is 0 Å². The van der Waals surface area contributed by atoms with Crippen molar-refractivity contribution in [1.82, 2.24) is 4.72 Å². The molecule has 2 rings (SSSR count). The Labute approximate surface area is 152 Å². The number of anilines is 1. The number of nitro benzene ring substituents is 1. The molecular formula is C16H20ClN3O4S. The Balaban J connectivity index is 0.00000312. The molecule has 0 aliphatic carbocycles. The first-order chi connectivity index (χ1) is 11.2. The molecule has 0 bridgehead atoms. The van der Waals surface area contributed by atoms with E-state index in [1.165, 1.54) is 12.1 Å². The number of sulfonamides is 1. The molecule has 0 atom stereocenters. The number of benzene rings is 2. The summed E-state index contributed by atoms with van der Waals surface area (Å²) in [6.45, 7) is 3.55. The average molecular weight is 386 g/mol. The topological polar surface area (TPSA) is 115 Å². The molecule has 0 aliphatic rings. The standard InChI is InChI=1S/C16H19N3O4S.ClH/c1-11-9-15(19(20)21)16(10-12(11)2)24(22,23)18-8-7-13-3-5-14(17)6-4-13;/h3-6,9-10,18H,7-8,17H2,1-2H3;1H. The Morgan fingerprint density at radius 2 is 1.68 bits per heavy atom. The lowest BCUT2D eigenvalue weighted by Crippen LogP contribution is -2.26. The third-order valence-electron chi connectivity index (χ3n) is 3.75. The van der Waals surface area contributed by atoms with Gasteiger partial charge in [0.2, 0.25) is 10.0 Å². The first-order valence-corrected chi connectivity index (χ1v) is 8.79. The van der Waals surface area contributed by atoms with Crippen molar-refractivity contribution in [2.45, 2.75) is 25.2 Å². The number of nitrogen functional groups attached to an aromatic ring is 1. The number of nitrogens with two attached hydrogens (primary N) is 1. The van der Waals surface area contributed by atoms with Crippen LogP contribution in [-0.2, 0) is 16.4 Å². The van der Waals surface area contributed by atoms with Crippen molar-refractivity contribution in [2.24, 2.45) is 0 Å². The third kappa shape index (κ3) is 5.15. The molecule has 0 aromatic heterocycles. The maximum Gasteiger partial charge on any atom is 0.289 e. The van der Waals surface area contributed by atoms with Gasteiger partial charge in [0, 0.05) is 18.3 Å². The fraction of sp³-hybridized carbons (Fsp3) is 0.250. The van der Waals surface area contributed by atoms with Gasteiger partial charge in [-0.05, 0) is 55.2 Å². The van der Waals surface area contributed by atoms with Crippen molar-refractivity contribution < 1.29 is 13.3 Å². The van der Waals surface area contributed by atoms with Gasteiger partial charge in [0.05, 0.1) is 4.92 Å². The molecule has 3 N–H and O–H groups in total. The molecule has 0 amide bonds. The second-order valence-corrected chi connectivity index (χ2v) is 7.29. The predicted octanol–water partition coefficient (Wildman–Crippen LogP) is 2.74. The van der Waals surface area contributed by atoms with Crippen LogP contribution in [0, 0.1) is 24.0 Å². The van der Waals surface area contributed by atoms with E-state index in [2.05, 4.69) is 4.72 Å². The number of halogens is 1. The molecule has 0 saturated carbocycles. The molecule has 7 nitrogen and oxygen atoms in total. The fourth-order valence-electron chi connectivity index (χ4n) is 2.22. The van der Waals surface area contributed by atoms with Crippen LogP contribution in [-0.4, -0.2) is 19.9 Å². The van der Waals surface area contributed by atoms with E-state index in [0.717, 1.165) is 5.56 Å². The lowest BCUT2D eigenvalue weighted by molar-refractivity contribution is -0.387. The van der Waals surface area contributed by atoms with Crippen molar-refractivity contribution in [2.75, 3.05) is 12.3 Å². The zero-order chi connectivity index (χ0) is 17.9. The lowest BCUT2D eigenvalue weighted by atomic mass is 10.1. The third-order valence-corrected chi connectivity index (χ3v) is 5.24. The van der Waals surface area contributed by atoms with Crippen LogP contribution in [0.3, 0.4) is 0 Å². The molecule has 0 fully saturated rings. The minimum Gasteiger partial charge on any atom is -0.399 e. The summed E-state index contributed by atoms with van der Waals surface area (Å²) in [5.41, 5.74) is 8.07. The molecule has 0 radical (unpaired) electrons. The van der Waals surface area contributed by atoms with Crippen LogP contribution in [0.2, 0.25) is 0 Å². The summed E-state index contributed by atoms with van der Waals surface area (Å²) in [6, 6.07) is 9.70. The number of nitrogens with one attached hydrogen (secondary N) is 1. The Morgan fingerprint density at radius 1 is 1.12 bits per heavy atom. The Morgan fingerprint density at radius 3 is 2.24 bits per heavy atom.